The van der Waals surface area contributed by atoms with Crippen molar-refractivity contribution >= 4 is 30.0 Å². The second-order valence-corrected chi connectivity index (χ2v) is 4.27. The third-order valence-electron chi connectivity index (χ3n) is 2.83. The Morgan fingerprint density at radius 2 is 1.58 bits per heavy atom. The maximum Gasteiger partial charge on any atom is 0.339 e. The molecule has 1 aromatic rings. The van der Waals surface area contributed by atoms with Crippen LogP contribution in [0.25, 0.3) is 6.08 Å². The van der Waals surface area contributed by atoms with E-state index in [-0.39, 0.29) is 18.8 Å². The molecule has 0 aliphatic carbocycles. The van der Waals surface area contributed by atoms with Crippen LogP contribution in [0.15, 0.2) is 31.4 Å². The normalized spacial score (nSPS) is 9.67. The van der Waals surface area contributed by atoms with Crippen molar-refractivity contribution in [2.75, 3.05) is 13.2 Å². The van der Waals surface area contributed by atoms with Crippen LogP contribution in [0.1, 0.15) is 36.6 Å². The van der Waals surface area contributed by atoms with E-state index in [1.54, 1.807) is 0 Å². The molecule has 1 aromatic carbocycles. The Balaban J connectivity index is 3.13. The lowest BCUT2D eigenvalue weighted by Crippen LogP contribution is -2.19. The van der Waals surface area contributed by atoms with Crippen LogP contribution >= 0.6 is 0 Å². The lowest BCUT2D eigenvalue weighted by molar-refractivity contribution is -0.138. The standard InChI is InChI=1S/C16H14O8/c1-3-9-5-6-10(14(18)19)13(15(20)21)12(9)16(22)24-8-7-23-11(17)4-2/h3-6H,1-2,7-8H2,(H,18,19)(H,20,21). The van der Waals surface area contributed by atoms with Crippen molar-refractivity contribution in [3.8, 4) is 0 Å². The van der Waals surface area contributed by atoms with E-state index in [0.717, 1.165) is 12.1 Å². The van der Waals surface area contributed by atoms with Crippen molar-refractivity contribution in [2.45, 2.75) is 0 Å². The molecule has 8 nitrogen and oxygen atoms in total. The van der Waals surface area contributed by atoms with Crippen LogP contribution in [0.3, 0.4) is 0 Å². The first-order chi connectivity index (χ1) is 11.3. The molecule has 0 saturated carbocycles. The second-order valence-electron chi connectivity index (χ2n) is 4.27. The Kier molecular flexibility index (Phi) is 6.42. The van der Waals surface area contributed by atoms with Crippen molar-refractivity contribution in [1.29, 1.82) is 0 Å². The van der Waals surface area contributed by atoms with Crippen molar-refractivity contribution < 1.29 is 38.9 Å². The fraction of sp³-hybridized carbons (Fsp3) is 0.125. The number of ether oxygens (including phenoxy) is 2. The molecule has 0 unspecified atom stereocenters. The number of rotatable bonds is 8. The smallest absolute Gasteiger partial charge is 0.339 e. The van der Waals surface area contributed by atoms with Gasteiger partial charge in [0.1, 0.15) is 13.2 Å². The zero-order valence-corrected chi connectivity index (χ0v) is 12.5. The van der Waals surface area contributed by atoms with Crippen LogP contribution in [0.4, 0.5) is 0 Å². The molecular formula is C16H14O8. The van der Waals surface area contributed by atoms with Gasteiger partial charge in [-0.2, -0.15) is 0 Å². The topological polar surface area (TPSA) is 127 Å². The molecule has 0 heterocycles. The number of carbonyl (C=O) groups is 4. The fourth-order valence-corrected chi connectivity index (χ4v) is 1.82. The van der Waals surface area contributed by atoms with E-state index in [0.29, 0.717) is 0 Å². The number of carboxylic acid groups (broad SMARTS) is 2. The highest BCUT2D eigenvalue weighted by atomic mass is 16.6. The van der Waals surface area contributed by atoms with Gasteiger partial charge in [0, 0.05) is 6.08 Å². The maximum absolute atomic E-state index is 12.2. The number of carbonyl (C=O) groups excluding carboxylic acids is 2. The highest BCUT2D eigenvalue weighted by Gasteiger charge is 2.27. The molecule has 0 spiro atoms. The molecule has 0 bridgehead atoms. The van der Waals surface area contributed by atoms with Crippen LogP contribution in [-0.4, -0.2) is 47.3 Å². The highest BCUT2D eigenvalue weighted by molar-refractivity contribution is 6.11. The first-order valence-corrected chi connectivity index (χ1v) is 6.55. The summed E-state index contributed by atoms with van der Waals surface area (Å²) in [4.78, 5) is 45.6. The summed E-state index contributed by atoms with van der Waals surface area (Å²) < 4.78 is 9.45. The summed E-state index contributed by atoms with van der Waals surface area (Å²) >= 11 is 0. The number of benzene rings is 1. The van der Waals surface area contributed by atoms with Gasteiger partial charge in [0.2, 0.25) is 0 Å². The molecule has 2 N–H and O–H groups in total. The molecule has 0 aromatic heterocycles. The third kappa shape index (κ3) is 4.29. The summed E-state index contributed by atoms with van der Waals surface area (Å²) in [5.41, 5.74) is -1.59. The van der Waals surface area contributed by atoms with Crippen molar-refractivity contribution in [3.63, 3.8) is 0 Å². The average Bonchev–Trinajstić information content (AvgIpc) is 2.56. The number of carboxylic acids is 2. The Labute approximate surface area is 136 Å². The van der Waals surface area contributed by atoms with Gasteiger partial charge in [-0.3, -0.25) is 0 Å². The summed E-state index contributed by atoms with van der Waals surface area (Å²) in [5, 5.41) is 18.3. The largest absolute Gasteiger partial charge is 0.478 e. The van der Waals surface area contributed by atoms with Gasteiger partial charge in [0.15, 0.2) is 0 Å². The van der Waals surface area contributed by atoms with E-state index >= 15 is 0 Å². The van der Waals surface area contributed by atoms with Gasteiger partial charge in [-0.05, 0) is 11.6 Å². The monoisotopic (exact) mass is 334 g/mol. The second kappa shape index (κ2) is 8.28. The summed E-state index contributed by atoms with van der Waals surface area (Å²) in [7, 11) is 0. The van der Waals surface area contributed by atoms with Crippen LogP contribution < -0.4 is 0 Å². The van der Waals surface area contributed by atoms with E-state index in [1.165, 1.54) is 12.1 Å². The van der Waals surface area contributed by atoms with Gasteiger partial charge >= 0.3 is 23.9 Å². The zero-order valence-electron chi connectivity index (χ0n) is 12.5. The lowest BCUT2D eigenvalue weighted by atomic mass is 9.95. The number of hydrogen-bond acceptors (Lipinski definition) is 6. The van der Waals surface area contributed by atoms with Gasteiger partial charge in [-0.1, -0.05) is 25.3 Å². The number of hydrogen-bond donors (Lipinski definition) is 2. The zero-order chi connectivity index (χ0) is 18.3. The highest BCUT2D eigenvalue weighted by Crippen LogP contribution is 2.22. The Hall–Kier alpha value is -3.42. The number of esters is 2. The van der Waals surface area contributed by atoms with Gasteiger partial charge in [0.25, 0.3) is 0 Å². The molecule has 126 valence electrons. The quantitative estimate of drug-likeness (QED) is 0.417. The average molecular weight is 334 g/mol. The molecule has 0 saturated heterocycles. The predicted molar refractivity (Wildman–Crippen MR) is 81.9 cm³/mol. The molecule has 0 aliphatic rings. The van der Waals surface area contributed by atoms with E-state index in [9.17, 15) is 24.3 Å². The van der Waals surface area contributed by atoms with Crippen LogP contribution in [-0.2, 0) is 14.3 Å². The Bertz CT molecular complexity index is 717. The minimum Gasteiger partial charge on any atom is -0.478 e. The summed E-state index contributed by atoms with van der Waals surface area (Å²) in [6, 6.07) is 2.31. The summed E-state index contributed by atoms with van der Waals surface area (Å²) in [6.45, 7) is 6.03. The van der Waals surface area contributed by atoms with E-state index in [1.807, 2.05) is 0 Å². The predicted octanol–water partition coefficient (Wildman–Crippen LogP) is 1.61. The minimum absolute atomic E-state index is 0.102. The summed E-state index contributed by atoms with van der Waals surface area (Å²) in [6.07, 6.45) is 2.13. The van der Waals surface area contributed by atoms with E-state index in [2.05, 4.69) is 17.9 Å². The maximum atomic E-state index is 12.2. The van der Waals surface area contributed by atoms with Gasteiger partial charge < -0.3 is 19.7 Å². The van der Waals surface area contributed by atoms with Crippen LogP contribution in [0, 0.1) is 0 Å². The molecule has 0 radical (unpaired) electrons. The molecular weight excluding hydrogens is 320 g/mol. The van der Waals surface area contributed by atoms with Gasteiger partial charge in [0.05, 0.1) is 16.7 Å². The SMILES string of the molecule is C=CC(=O)OCCOC(=O)c1c(C=C)ccc(C(=O)O)c1C(=O)O. The Morgan fingerprint density at radius 3 is 2.08 bits per heavy atom. The van der Waals surface area contributed by atoms with Gasteiger partial charge in [-0.25, -0.2) is 19.2 Å². The summed E-state index contributed by atoms with van der Waals surface area (Å²) in [5.74, 6) is -4.88. The third-order valence-corrected chi connectivity index (χ3v) is 2.83. The van der Waals surface area contributed by atoms with Crippen LogP contribution in [0.2, 0.25) is 0 Å². The molecule has 0 amide bonds. The minimum atomic E-state index is -1.60. The molecule has 24 heavy (non-hydrogen) atoms. The molecule has 0 atom stereocenters. The van der Waals surface area contributed by atoms with Crippen molar-refractivity contribution in [1.82, 2.24) is 0 Å². The molecule has 0 aliphatic heterocycles. The van der Waals surface area contributed by atoms with Crippen molar-refractivity contribution in [2.24, 2.45) is 0 Å². The van der Waals surface area contributed by atoms with Gasteiger partial charge in [-0.15, -0.1) is 0 Å². The first kappa shape index (κ1) is 18.6. The van der Waals surface area contributed by atoms with Crippen molar-refractivity contribution in [3.05, 3.63) is 53.6 Å². The molecule has 8 heteroatoms. The number of aromatic carboxylic acids is 2. The Morgan fingerprint density at radius 1 is 0.958 bits per heavy atom. The van der Waals surface area contributed by atoms with E-state index in [4.69, 9.17) is 9.84 Å². The lowest BCUT2D eigenvalue weighted by Gasteiger charge is -2.12. The van der Waals surface area contributed by atoms with E-state index < -0.39 is 40.6 Å². The van der Waals surface area contributed by atoms with Crippen LogP contribution in [0.5, 0.6) is 0 Å². The molecule has 1 rings (SSSR count). The first-order valence-electron chi connectivity index (χ1n) is 6.55. The fourth-order valence-electron chi connectivity index (χ4n) is 1.82. The molecule has 0 fully saturated rings.